The summed E-state index contributed by atoms with van der Waals surface area (Å²) < 4.78 is 18.9. The highest BCUT2D eigenvalue weighted by Crippen LogP contribution is 2.45. The van der Waals surface area contributed by atoms with Gasteiger partial charge in [0.05, 0.1) is 32.1 Å². The minimum atomic E-state index is -0.379. The van der Waals surface area contributed by atoms with Gasteiger partial charge in [0.25, 0.3) is 5.91 Å². The number of hydrogen-bond acceptors (Lipinski definition) is 6. The van der Waals surface area contributed by atoms with E-state index in [-0.39, 0.29) is 18.5 Å². The molecule has 0 saturated carbocycles. The van der Waals surface area contributed by atoms with Crippen molar-refractivity contribution in [2.45, 2.75) is 26.8 Å². The number of methoxy groups -OCH3 is 2. The maximum atomic E-state index is 13.5. The Hall–Kier alpha value is -3.78. The zero-order valence-electron chi connectivity index (χ0n) is 21.8. The summed E-state index contributed by atoms with van der Waals surface area (Å²) in [6.45, 7) is 7.75. The zero-order chi connectivity index (χ0) is 26.1. The van der Waals surface area contributed by atoms with E-state index >= 15 is 0 Å². The van der Waals surface area contributed by atoms with Gasteiger partial charge in [-0.3, -0.25) is 4.79 Å². The van der Waals surface area contributed by atoms with Crippen molar-refractivity contribution in [3.63, 3.8) is 0 Å². The summed E-state index contributed by atoms with van der Waals surface area (Å²) in [5.74, 6) is 0.893. The van der Waals surface area contributed by atoms with Crippen molar-refractivity contribution in [3.05, 3.63) is 58.8 Å². The fourth-order valence-corrected chi connectivity index (χ4v) is 5.49. The molecule has 2 aliphatic rings. The summed E-state index contributed by atoms with van der Waals surface area (Å²) in [6.07, 6.45) is 0.793. The second kappa shape index (κ2) is 10.3. The van der Waals surface area contributed by atoms with Gasteiger partial charge in [-0.2, -0.15) is 0 Å². The van der Waals surface area contributed by atoms with Crippen LogP contribution in [0.3, 0.4) is 0 Å². The van der Waals surface area contributed by atoms with Crippen LogP contribution in [0.15, 0.2) is 36.4 Å². The van der Waals surface area contributed by atoms with Gasteiger partial charge in [-0.25, -0.2) is 4.79 Å². The van der Waals surface area contributed by atoms with Crippen LogP contribution in [-0.2, 0) is 17.7 Å². The number of rotatable bonds is 6. The molecule has 8 nitrogen and oxygen atoms in total. The summed E-state index contributed by atoms with van der Waals surface area (Å²) in [4.78, 5) is 28.6. The van der Waals surface area contributed by atoms with E-state index in [0.29, 0.717) is 35.7 Å². The minimum Gasteiger partial charge on any atom is -0.493 e. The lowest BCUT2D eigenvalue weighted by Crippen LogP contribution is -2.46. The molecule has 3 heterocycles. The third-order valence-electron chi connectivity index (χ3n) is 7.27. The number of esters is 1. The lowest BCUT2D eigenvalue weighted by Gasteiger charge is -2.27. The Bertz CT molecular complexity index is 1350. The first-order valence-electron chi connectivity index (χ1n) is 12.7. The smallest absolute Gasteiger partial charge is 0.340 e. The van der Waals surface area contributed by atoms with Crippen molar-refractivity contribution in [3.8, 4) is 33.9 Å². The monoisotopic (exact) mass is 503 g/mol. The van der Waals surface area contributed by atoms with E-state index in [0.717, 1.165) is 59.7 Å². The molecule has 5 rings (SSSR count). The van der Waals surface area contributed by atoms with Gasteiger partial charge in [0.1, 0.15) is 0 Å². The molecule has 0 aliphatic carbocycles. The maximum absolute atomic E-state index is 13.5. The van der Waals surface area contributed by atoms with E-state index in [1.807, 2.05) is 55.1 Å². The molecule has 0 spiro atoms. The predicted octanol–water partition coefficient (Wildman–Crippen LogP) is 3.93. The number of piperazine rings is 1. The standard InChI is InChI=1S/C29H33N3O5/c1-5-37-29(34)26-25(20-7-6-8-21(15-20)28(33)31-13-10-30-11-14-31)18(2)32-12-9-19-16-23(35-3)24(36-4)17-22(19)27(26)32/h6-8,15-17,30H,5,9-14H2,1-4H3. The fraction of sp³-hybridized carbons (Fsp3) is 0.379. The molecule has 1 fully saturated rings. The number of aromatic nitrogens is 1. The van der Waals surface area contributed by atoms with Gasteiger partial charge in [-0.15, -0.1) is 0 Å². The van der Waals surface area contributed by atoms with Gasteiger partial charge in [-0.05, 0) is 55.7 Å². The number of hydrogen-bond donors (Lipinski definition) is 1. The molecule has 8 heteroatoms. The largest absolute Gasteiger partial charge is 0.493 e. The number of benzene rings is 2. The van der Waals surface area contributed by atoms with Crippen molar-refractivity contribution >= 4 is 11.9 Å². The molecular formula is C29H33N3O5. The Morgan fingerprint density at radius 3 is 2.43 bits per heavy atom. The van der Waals surface area contributed by atoms with Gasteiger partial charge in [-0.1, -0.05) is 12.1 Å². The third-order valence-corrected chi connectivity index (χ3v) is 7.27. The molecule has 1 N–H and O–H groups in total. The van der Waals surface area contributed by atoms with E-state index in [1.54, 1.807) is 14.2 Å². The number of ether oxygens (including phenoxy) is 3. The van der Waals surface area contributed by atoms with E-state index < -0.39 is 0 Å². The molecule has 194 valence electrons. The van der Waals surface area contributed by atoms with E-state index in [2.05, 4.69) is 9.88 Å². The number of nitrogens with zero attached hydrogens (tertiary/aromatic N) is 2. The van der Waals surface area contributed by atoms with E-state index in [4.69, 9.17) is 14.2 Å². The van der Waals surface area contributed by atoms with Gasteiger partial charge in [0, 0.05) is 55.1 Å². The average molecular weight is 504 g/mol. The fourth-order valence-electron chi connectivity index (χ4n) is 5.49. The number of nitrogens with one attached hydrogen (secondary N) is 1. The molecule has 2 aliphatic heterocycles. The molecule has 0 atom stereocenters. The second-order valence-corrected chi connectivity index (χ2v) is 9.29. The third kappa shape index (κ3) is 4.35. The summed E-state index contributed by atoms with van der Waals surface area (Å²) in [6, 6.07) is 11.5. The highest BCUT2D eigenvalue weighted by Gasteiger charge is 2.32. The maximum Gasteiger partial charge on any atom is 0.340 e. The molecule has 1 saturated heterocycles. The highest BCUT2D eigenvalue weighted by atomic mass is 16.5. The van der Waals surface area contributed by atoms with E-state index in [9.17, 15) is 9.59 Å². The molecule has 0 bridgehead atoms. The average Bonchev–Trinajstić information content (AvgIpc) is 3.25. The number of aryl methyl sites for hydroxylation is 1. The lowest BCUT2D eigenvalue weighted by atomic mass is 9.93. The topological polar surface area (TPSA) is 82.0 Å². The minimum absolute atomic E-state index is 0.00448. The van der Waals surface area contributed by atoms with Crippen molar-refractivity contribution in [2.24, 2.45) is 0 Å². The molecule has 1 amide bonds. The van der Waals surface area contributed by atoms with Crippen LogP contribution in [0.2, 0.25) is 0 Å². The molecular weight excluding hydrogens is 470 g/mol. The Labute approximate surface area is 217 Å². The molecule has 0 radical (unpaired) electrons. The summed E-state index contributed by atoms with van der Waals surface area (Å²) in [7, 11) is 3.23. The van der Waals surface area contributed by atoms with Gasteiger partial charge < -0.3 is 29.0 Å². The number of carbonyl (C=O) groups is 2. The van der Waals surface area contributed by atoms with Crippen molar-refractivity contribution in [1.29, 1.82) is 0 Å². The van der Waals surface area contributed by atoms with Gasteiger partial charge >= 0.3 is 5.97 Å². The van der Waals surface area contributed by atoms with Crippen molar-refractivity contribution < 1.29 is 23.8 Å². The summed E-state index contributed by atoms with van der Waals surface area (Å²) >= 11 is 0. The first-order chi connectivity index (χ1) is 18.0. The number of carbonyl (C=O) groups excluding carboxylic acids is 2. The van der Waals surface area contributed by atoms with Crippen molar-refractivity contribution in [2.75, 3.05) is 47.0 Å². The van der Waals surface area contributed by atoms with Crippen molar-refractivity contribution in [1.82, 2.24) is 14.8 Å². The first-order valence-corrected chi connectivity index (χ1v) is 12.7. The van der Waals surface area contributed by atoms with Crippen LogP contribution >= 0.6 is 0 Å². The van der Waals surface area contributed by atoms with Gasteiger partial charge in [0.2, 0.25) is 0 Å². The first kappa shape index (κ1) is 24.9. The zero-order valence-corrected chi connectivity index (χ0v) is 21.8. The van der Waals surface area contributed by atoms with Crippen LogP contribution in [0, 0.1) is 6.92 Å². The molecule has 2 aromatic carbocycles. The molecule has 1 aromatic heterocycles. The van der Waals surface area contributed by atoms with Gasteiger partial charge in [0.15, 0.2) is 11.5 Å². The number of fused-ring (bicyclic) bond motifs is 3. The van der Waals surface area contributed by atoms with E-state index in [1.165, 1.54) is 0 Å². The Morgan fingerprint density at radius 2 is 1.73 bits per heavy atom. The Balaban J connectivity index is 1.68. The Kier molecular flexibility index (Phi) is 6.93. The van der Waals surface area contributed by atoms with Crippen LogP contribution in [0.25, 0.3) is 22.4 Å². The SMILES string of the molecule is CCOC(=O)c1c(-c2cccc(C(=O)N3CCNCC3)c2)c(C)n2c1-c1cc(OC)c(OC)cc1CC2. The normalized spacial score (nSPS) is 14.5. The highest BCUT2D eigenvalue weighted by molar-refractivity contribution is 6.06. The van der Waals surface area contributed by atoms with Crippen LogP contribution in [0.1, 0.15) is 38.9 Å². The lowest BCUT2D eigenvalue weighted by molar-refractivity contribution is 0.0528. The number of amides is 1. The van der Waals surface area contributed by atoms with Crippen LogP contribution < -0.4 is 14.8 Å². The second-order valence-electron chi connectivity index (χ2n) is 9.29. The molecule has 37 heavy (non-hydrogen) atoms. The summed E-state index contributed by atoms with van der Waals surface area (Å²) in [5.41, 5.74) is 6.54. The summed E-state index contributed by atoms with van der Waals surface area (Å²) in [5, 5.41) is 3.28. The molecule has 3 aromatic rings. The van der Waals surface area contributed by atoms with Crippen LogP contribution in [-0.4, -0.2) is 68.3 Å². The predicted molar refractivity (Wildman–Crippen MR) is 142 cm³/mol. The van der Waals surface area contributed by atoms with Crippen LogP contribution in [0.4, 0.5) is 0 Å². The Morgan fingerprint density at radius 1 is 1.00 bits per heavy atom. The quantitative estimate of drug-likeness (QED) is 0.514. The van der Waals surface area contributed by atoms with Crippen LogP contribution in [0.5, 0.6) is 11.5 Å². The molecule has 0 unspecified atom stereocenters.